The molecule has 0 unspecified atom stereocenters. The second kappa shape index (κ2) is 15.0. The highest BCUT2D eigenvalue weighted by atomic mass is 16.9. The van der Waals surface area contributed by atoms with Gasteiger partial charge in [0.15, 0.2) is 0 Å². The molecule has 0 aliphatic carbocycles. The first-order chi connectivity index (χ1) is 12.8. The Hall–Kier alpha value is -1.10. The molecule has 4 heteroatoms. The van der Waals surface area contributed by atoms with Crippen molar-refractivity contribution in [3.05, 3.63) is 30.3 Å². The third-order valence-electron chi connectivity index (χ3n) is 4.95. The van der Waals surface area contributed by atoms with Crippen LogP contribution in [0.5, 0.6) is 0 Å². The molecule has 0 aromatic heterocycles. The summed E-state index contributed by atoms with van der Waals surface area (Å²) in [5.74, 6) is -0.852. The van der Waals surface area contributed by atoms with Crippen molar-refractivity contribution in [3.63, 3.8) is 0 Å². The number of hydrogen-bond donors (Lipinski definition) is 1. The van der Waals surface area contributed by atoms with Crippen molar-refractivity contribution in [2.45, 2.75) is 76.6 Å². The number of benzene rings is 1. The van der Waals surface area contributed by atoms with E-state index in [0.717, 1.165) is 19.4 Å². The highest BCUT2D eigenvalue weighted by molar-refractivity contribution is 5.42. The highest BCUT2D eigenvalue weighted by Crippen LogP contribution is 2.21. The zero-order chi connectivity index (χ0) is 18.9. The van der Waals surface area contributed by atoms with Gasteiger partial charge < -0.3 is 19.5 Å². The van der Waals surface area contributed by atoms with E-state index in [4.69, 9.17) is 14.2 Å². The molecule has 1 aromatic carbocycles. The minimum Gasteiger partial charge on any atom is -0.385 e. The monoisotopic (exact) mass is 365 g/mol. The van der Waals surface area contributed by atoms with Gasteiger partial charge in [0.25, 0.3) is 5.97 Å². The van der Waals surface area contributed by atoms with Gasteiger partial charge in [-0.05, 0) is 25.0 Å². The van der Waals surface area contributed by atoms with Crippen LogP contribution in [0.4, 0.5) is 5.69 Å². The summed E-state index contributed by atoms with van der Waals surface area (Å²) in [6, 6.07) is 10.5. The molecule has 0 radical (unpaired) electrons. The quantitative estimate of drug-likeness (QED) is 0.272. The summed E-state index contributed by atoms with van der Waals surface area (Å²) in [5, 5.41) is 3.47. The number of ether oxygens (including phenoxy) is 3. The third kappa shape index (κ3) is 10.1. The average molecular weight is 366 g/mol. The van der Waals surface area contributed by atoms with Gasteiger partial charge in [-0.3, -0.25) is 0 Å². The Kier molecular flexibility index (Phi) is 13.2. The summed E-state index contributed by atoms with van der Waals surface area (Å²) in [7, 11) is 4.89. The van der Waals surface area contributed by atoms with Crippen molar-refractivity contribution < 1.29 is 14.2 Å². The van der Waals surface area contributed by atoms with Gasteiger partial charge in [0, 0.05) is 40.0 Å². The molecule has 4 nitrogen and oxygen atoms in total. The molecule has 0 aliphatic heterocycles. The van der Waals surface area contributed by atoms with Crippen LogP contribution < -0.4 is 5.32 Å². The Bertz CT molecular complexity index is 412. The predicted octanol–water partition coefficient (Wildman–Crippen LogP) is 5.98. The second-order valence-electron chi connectivity index (χ2n) is 6.87. The number of anilines is 1. The zero-order valence-electron chi connectivity index (χ0n) is 17.1. The van der Waals surface area contributed by atoms with E-state index in [2.05, 4.69) is 35.6 Å². The van der Waals surface area contributed by atoms with Gasteiger partial charge in [-0.2, -0.15) is 0 Å². The molecule has 1 rings (SSSR count). The van der Waals surface area contributed by atoms with Crippen LogP contribution in [0.1, 0.15) is 70.6 Å². The maximum Gasteiger partial charge on any atom is 0.282 e. The number of rotatable bonds is 17. The zero-order valence-corrected chi connectivity index (χ0v) is 17.1. The van der Waals surface area contributed by atoms with E-state index in [-0.39, 0.29) is 0 Å². The van der Waals surface area contributed by atoms with E-state index in [1.165, 1.54) is 63.5 Å². The number of hydrogen-bond acceptors (Lipinski definition) is 4. The highest BCUT2D eigenvalue weighted by Gasteiger charge is 2.28. The van der Waals surface area contributed by atoms with Crippen LogP contribution in [0.2, 0.25) is 0 Å². The normalized spacial score (nSPS) is 11.7. The minimum absolute atomic E-state index is 0.785. The smallest absolute Gasteiger partial charge is 0.282 e. The second-order valence-corrected chi connectivity index (χ2v) is 6.87. The molecule has 26 heavy (non-hydrogen) atoms. The van der Waals surface area contributed by atoms with Gasteiger partial charge in [-0.1, -0.05) is 69.6 Å². The molecule has 0 fully saturated rings. The lowest BCUT2D eigenvalue weighted by atomic mass is 10.1. The molecule has 1 N–H and O–H groups in total. The van der Waals surface area contributed by atoms with Gasteiger partial charge in [-0.15, -0.1) is 0 Å². The number of nitrogens with one attached hydrogen (secondary N) is 1. The van der Waals surface area contributed by atoms with Gasteiger partial charge >= 0.3 is 0 Å². The number of unbranched alkanes of at least 4 members (excludes halogenated alkanes) is 9. The van der Waals surface area contributed by atoms with E-state index in [9.17, 15) is 0 Å². The minimum atomic E-state index is -0.852. The lowest BCUT2D eigenvalue weighted by molar-refractivity contribution is -0.355. The van der Waals surface area contributed by atoms with Gasteiger partial charge in [-0.25, -0.2) is 0 Å². The average Bonchev–Trinajstić information content (AvgIpc) is 2.70. The molecule has 0 amide bonds. The van der Waals surface area contributed by atoms with E-state index in [0.29, 0.717) is 0 Å². The fourth-order valence-electron chi connectivity index (χ4n) is 3.23. The van der Waals surface area contributed by atoms with Crippen LogP contribution in [0.3, 0.4) is 0 Å². The molecule has 0 saturated carbocycles. The van der Waals surface area contributed by atoms with Crippen molar-refractivity contribution in [1.82, 2.24) is 0 Å². The van der Waals surface area contributed by atoms with Crippen LogP contribution in [0.15, 0.2) is 30.3 Å². The molecule has 0 bridgehead atoms. The topological polar surface area (TPSA) is 39.7 Å². The summed E-state index contributed by atoms with van der Waals surface area (Å²) in [5.41, 5.74) is 1.23. The SMILES string of the molecule is COC(CCCCCCCCCCCCNc1ccccc1)(OC)OC. The van der Waals surface area contributed by atoms with Gasteiger partial charge in [0.2, 0.25) is 0 Å². The molecular formula is C22H39NO3. The molecule has 0 aliphatic rings. The van der Waals surface area contributed by atoms with E-state index in [1.54, 1.807) is 21.3 Å². The van der Waals surface area contributed by atoms with Crippen LogP contribution >= 0.6 is 0 Å². The maximum absolute atomic E-state index is 5.31. The lowest BCUT2D eigenvalue weighted by Crippen LogP contribution is -2.35. The van der Waals surface area contributed by atoms with Crippen molar-refractivity contribution in [2.24, 2.45) is 0 Å². The Balaban J connectivity index is 1.83. The Morgan fingerprint density at radius 1 is 0.654 bits per heavy atom. The van der Waals surface area contributed by atoms with E-state index >= 15 is 0 Å². The number of para-hydroxylation sites is 1. The van der Waals surface area contributed by atoms with Crippen molar-refractivity contribution >= 4 is 5.69 Å². The Morgan fingerprint density at radius 3 is 1.62 bits per heavy atom. The van der Waals surface area contributed by atoms with Crippen molar-refractivity contribution in [3.8, 4) is 0 Å². The first kappa shape index (κ1) is 22.9. The largest absolute Gasteiger partial charge is 0.385 e. The third-order valence-corrected chi connectivity index (χ3v) is 4.95. The maximum atomic E-state index is 5.31. The van der Waals surface area contributed by atoms with Crippen LogP contribution in [-0.2, 0) is 14.2 Å². The Labute approximate surface area is 160 Å². The number of methoxy groups -OCH3 is 3. The van der Waals surface area contributed by atoms with Crippen molar-refractivity contribution in [1.29, 1.82) is 0 Å². The van der Waals surface area contributed by atoms with Gasteiger partial charge in [0.05, 0.1) is 0 Å². The summed E-state index contributed by atoms with van der Waals surface area (Å²) in [4.78, 5) is 0. The molecule has 150 valence electrons. The van der Waals surface area contributed by atoms with Crippen molar-refractivity contribution in [2.75, 3.05) is 33.2 Å². The fraction of sp³-hybridized carbons (Fsp3) is 0.727. The molecule has 1 aromatic rings. The van der Waals surface area contributed by atoms with E-state index in [1.807, 2.05) is 0 Å². The standard InChI is InChI=1S/C22H39NO3/c1-24-22(25-2,26-3)19-15-10-8-6-4-5-7-9-11-16-20-23-21-17-13-12-14-18-21/h12-14,17-18,23H,4-11,15-16,19-20H2,1-3H3. The molecule has 0 saturated heterocycles. The summed E-state index contributed by atoms with van der Waals surface area (Å²) in [6.07, 6.45) is 13.7. The summed E-state index contributed by atoms with van der Waals surface area (Å²) < 4.78 is 15.9. The van der Waals surface area contributed by atoms with Crippen LogP contribution in [-0.4, -0.2) is 33.8 Å². The summed E-state index contributed by atoms with van der Waals surface area (Å²) >= 11 is 0. The molecule has 0 heterocycles. The first-order valence-electron chi connectivity index (χ1n) is 10.2. The first-order valence-corrected chi connectivity index (χ1v) is 10.2. The molecule has 0 spiro atoms. The predicted molar refractivity (Wildman–Crippen MR) is 109 cm³/mol. The van der Waals surface area contributed by atoms with Gasteiger partial charge in [0.1, 0.15) is 0 Å². The fourth-order valence-corrected chi connectivity index (χ4v) is 3.23. The lowest BCUT2D eigenvalue weighted by Gasteiger charge is -2.28. The summed E-state index contributed by atoms with van der Waals surface area (Å²) in [6.45, 7) is 1.08. The van der Waals surface area contributed by atoms with Crippen LogP contribution in [0.25, 0.3) is 0 Å². The molecule has 0 atom stereocenters. The van der Waals surface area contributed by atoms with Crippen LogP contribution in [0, 0.1) is 0 Å². The van der Waals surface area contributed by atoms with E-state index < -0.39 is 5.97 Å². The molecular weight excluding hydrogens is 326 g/mol. The Morgan fingerprint density at radius 2 is 1.12 bits per heavy atom.